The van der Waals surface area contributed by atoms with Crippen molar-refractivity contribution >= 4 is 27.9 Å². The molecular weight excluding hydrogens is 292 g/mol. The smallest absolute Gasteiger partial charge is 0.287 e. The van der Waals surface area contributed by atoms with Crippen molar-refractivity contribution in [1.29, 1.82) is 0 Å². The van der Waals surface area contributed by atoms with Crippen LogP contribution in [0.2, 0.25) is 0 Å². The van der Waals surface area contributed by atoms with Gasteiger partial charge in [-0.1, -0.05) is 12.1 Å². The second-order valence-electron chi connectivity index (χ2n) is 4.30. The molecule has 0 radical (unpaired) electrons. The minimum absolute atomic E-state index is 0.125. The van der Waals surface area contributed by atoms with E-state index < -0.39 is 16.1 Å². The molecule has 0 saturated carbocycles. The van der Waals surface area contributed by atoms with E-state index in [9.17, 15) is 14.7 Å². The van der Waals surface area contributed by atoms with E-state index >= 15 is 0 Å². The monoisotopic (exact) mass is 302 g/mol. The molecule has 0 amide bonds. The Morgan fingerprint density at radius 3 is 2.71 bits per heavy atom. The Morgan fingerprint density at radius 2 is 2.05 bits per heavy atom. The third-order valence-corrected chi connectivity index (χ3v) is 4.11. The van der Waals surface area contributed by atoms with E-state index in [-0.39, 0.29) is 11.4 Å². The number of nitrogens with one attached hydrogen (secondary N) is 1. The average molecular weight is 302 g/mol. The minimum atomic E-state index is -1.41. The van der Waals surface area contributed by atoms with E-state index in [1.807, 2.05) is 24.3 Å². The Labute approximate surface area is 122 Å². The predicted molar refractivity (Wildman–Crippen MR) is 77.1 cm³/mol. The Balaban J connectivity index is 1.78. The number of nitro groups is 1. The first-order valence-electron chi connectivity index (χ1n) is 6.06. The first-order chi connectivity index (χ1) is 10.1. The molecule has 106 valence electrons. The van der Waals surface area contributed by atoms with Gasteiger partial charge in [0.1, 0.15) is 6.20 Å². The highest BCUT2D eigenvalue weighted by molar-refractivity contribution is 7.90. The number of hydrogen-bond donors (Lipinski definition) is 1. The molecule has 0 aliphatic heterocycles. The van der Waals surface area contributed by atoms with Gasteiger partial charge in [-0.05, 0) is 12.1 Å². The highest BCUT2D eigenvalue weighted by atomic mass is 32.2. The van der Waals surface area contributed by atoms with Crippen LogP contribution in [0, 0.1) is 10.1 Å². The number of rotatable bonds is 4. The molecule has 2 heterocycles. The van der Waals surface area contributed by atoms with Gasteiger partial charge in [0.2, 0.25) is 5.03 Å². The molecule has 1 atom stereocenters. The van der Waals surface area contributed by atoms with Crippen LogP contribution in [0.1, 0.15) is 5.82 Å². The molecule has 7 nitrogen and oxygen atoms in total. The summed E-state index contributed by atoms with van der Waals surface area (Å²) in [6, 6.07) is 10.2. The lowest BCUT2D eigenvalue weighted by Crippen LogP contribution is -2.08. The highest BCUT2D eigenvalue weighted by Gasteiger charge is 2.17. The fourth-order valence-corrected chi connectivity index (χ4v) is 2.81. The minimum Gasteiger partial charge on any atom is -0.610 e. The van der Waals surface area contributed by atoms with Crippen molar-refractivity contribution in [2.24, 2.45) is 0 Å². The van der Waals surface area contributed by atoms with Gasteiger partial charge in [0.25, 0.3) is 5.69 Å². The number of aromatic amines is 1. The summed E-state index contributed by atoms with van der Waals surface area (Å²) < 4.78 is 12.2. The summed E-state index contributed by atoms with van der Waals surface area (Å²) in [6.45, 7) is 0. The third-order valence-electron chi connectivity index (χ3n) is 2.87. The molecule has 0 spiro atoms. The molecule has 0 aliphatic rings. The lowest BCUT2D eigenvalue weighted by molar-refractivity contribution is -0.385. The molecule has 3 rings (SSSR count). The van der Waals surface area contributed by atoms with Crippen LogP contribution >= 0.6 is 0 Å². The van der Waals surface area contributed by atoms with Crippen LogP contribution in [0.4, 0.5) is 5.69 Å². The molecule has 1 unspecified atom stereocenters. The Bertz CT molecular complexity index is 754. The molecule has 0 fully saturated rings. The molecule has 1 aromatic carbocycles. The standard InChI is InChI=1S/C13H10N4O3S/c18-17(19)9-5-6-13(14-7-9)21(20)8-12-15-10-3-1-2-4-11(10)16-12/h1-7H,8H2,(H,15,16). The number of para-hydroxylation sites is 2. The van der Waals surface area contributed by atoms with E-state index in [4.69, 9.17) is 0 Å². The van der Waals surface area contributed by atoms with Gasteiger partial charge in [-0.25, -0.2) is 9.97 Å². The van der Waals surface area contributed by atoms with Crippen molar-refractivity contribution in [3.63, 3.8) is 0 Å². The zero-order chi connectivity index (χ0) is 14.8. The van der Waals surface area contributed by atoms with Crippen LogP contribution in [0.25, 0.3) is 11.0 Å². The Hall–Kier alpha value is -2.45. The summed E-state index contributed by atoms with van der Waals surface area (Å²) in [4.78, 5) is 21.3. The van der Waals surface area contributed by atoms with Gasteiger partial charge in [0, 0.05) is 23.3 Å². The topological polar surface area (TPSA) is 108 Å². The third kappa shape index (κ3) is 2.86. The maximum absolute atomic E-state index is 12.2. The maximum atomic E-state index is 12.2. The molecule has 0 saturated heterocycles. The quantitative estimate of drug-likeness (QED) is 0.451. The van der Waals surface area contributed by atoms with E-state index in [1.54, 1.807) is 0 Å². The lowest BCUT2D eigenvalue weighted by Gasteiger charge is -2.06. The number of H-pyrrole nitrogens is 1. The second-order valence-corrected chi connectivity index (χ2v) is 5.70. The van der Waals surface area contributed by atoms with Crippen molar-refractivity contribution < 1.29 is 9.48 Å². The molecule has 0 bridgehead atoms. The number of hydrogen-bond acceptors (Lipinski definition) is 5. The van der Waals surface area contributed by atoms with Crippen LogP contribution in [0.3, 0.4) is 0 Å². The largest absolute Gasteiger partial charge is 0.610 e. The van der Waals surface area contributed by atoms with E-state index in [1.165, 1.54) is 12.1 Å². The normalized spacial score (nSPS) is 12.4. The van der Waals surface area contributed by atoms with E-state index in [2.05, 4.69) is 15.0 Å². The van der Waals surface area contributed by atoms with Gasteiger partial charge in [-0.2, -0.15) is 0 Å². The van der Waals surface area contributed by atoms with E-state index in [0.29, 0.717) is 10.9 Å². The number of benzene rings is 1. The fourth-order valence-electron chi connectivity index (χ4n) is 1.89. The summed E-state index contributed by atoms with van der Waals surface area (Å²) in [5.41, 5.74) is 1.56. The van der Waals surface area contributed by atoms with Crippen molar-refractivity contribution in [3.05, 3.63) is 58.5 Å². The van der Waals surface area contributed by atoms with Crippen LogP contribution in [-0.4, -0.2) is 24.4 Å². The summed E-state index contributed by atoms with van der Waals surface area (Å²) in [5.74, 6) is 0.772. The molecule has 21 heavy (non-hydrogen) atoms. The van der Waals surface area contributed by atoms with Crippen molar-refractivity contribution in [1.82, 2.24) is 15.0 Å². The fraction of sp³-hybridized carbons (Fsp3) is 0.0769. The molecule has 2 aromatic heterocycles. The maximum Gasteiger partial charge on any atom is 0.287 e. The summed E-state index contributed by atoms with van der Waals surface area (Å²) in [6.07, 6.45) is 1.10. The average Bonchev–Trinajstić information content (AvgIpc) is 2.89. The first-order valence-corrected chi connectivity index (χ1v) is 7.38. The second kappa shape index (κ2) is 5.51. The number of nitrogens with zero attached hydrogens (tertiary/aromatic N) is 3. The van der Waals surface area contributed by atoms with E-state index in [0.717, 1.165) is 17.2 Å². The summed E-state index contributed by atoms with van der Waals surface area (Å²) >= 11 is -1.41. The van der Waals surface area contributed by atoms with Gasteiger partial charge >= 0.3 is 0 Å². The zero-order valence-corrected chi connectivity index (χ0v) is 11.5. The van der Waals surface area contributed by atoms with Crippen molar-refractivity contribution in [2.75, 3.05) is 0 Å². The van der Waals surface area contributed by atoms with Crippen LogP contribution in [0.5, 0.6) is 0 Å². The molecular formula is C13H10N4O3S. The number of pyridine rings is 1. The molecule has 0 aliphatic carbocycles. The Kier molecular flexibility index (Phi) is 3.55. The van der Waals surface area contributed by atoms with Gasteiger partial charge < -0.3 is 9.54 Å². The predicted octanol–water partition coefficient (Wildman–Crippen LogP) is 2.17. The SMILES string of the molecule is O=[N+]([O-])c1ccc([S+]([O-])Cc2nc3ccccc3[nH]2)nc1. The zero-order valence-electron chi connectivity index (χ0n) is 10.7. The number of aromatic nitrogens is 3. The summed E-state index contributed by atoms with van der Waals surface area (Å²) in [5, 5.41) is 10.8. The lowest BCUT2D eigenvalue weighted by atomic mass is 10.3. The van der Waals surface area contributed by atoms with Gasteiger partial charge in [0.05, 0.1) is 16.0 Å². The summed E-state index contributed by atoms with van der Waals surface area (Å²) in [7, 11) is 0. The van der Waals surface area contributed by atoms with Gasteiger partial charge in [-0.3, -0.25) is 10.1 Å². The van der Waals surface area contributed by atoms with Crippen LogP contribution in [-0.2, 0) is 16.9 Å². The molecule has 3 aromatic rings. The first kappa shape index (κ1) is 13.5. The van der Waals surface area contributed by atoms with Crippen molar-refractivity contribution in [2.45, 2.75) is 10.8 Å². The Morgan fingerprint density at radius 1 is 1.24 bits per heavy atom. The van der Waals surface area contributed by atoms with Crippen molar-refractivity contribution in [3.8, 4) is 0 Å². The highest BCUT2D eigenvalue weighted by Crippen LogP contribution is 2.18. The van der Waals surface area contributed by atoms with Gasteiger partial charge in [-0.15, -0.1) is 0 Å². The molecule has 8 heteroatoms. The van der Waals surface area contributed by atoms with Crippen LogP contribution < -0.4 is 0 Å². The molecule has 1 N–H and O–H groups in total. The van der Waals surface area contributed by atoms with Gasteiger partial charge in [0.15, 0.2) is 11.6 Å². The van der Waals surface area contributed by atoms with Crippen LogP contribution in [0.15, 0.2) is 47.6 Å². The number of fused-ring (bicyclic) bond motifs is 1. The number of imidazole rings is 1.